The molecule has 1 saturated heterocycles. The fourth-order valence-corrected chi connectivity index (χ4v) is 6.83. The molecule has 4 rings (SSSR count). The van der Waals surface area contributed by atoms with Crippen molar-refractivity contribution in [3.8, 4) is 11.5 Å². The Balaban J connectivity index is 1.67. The third kappa shape index (κ3) is 12.1. The van der Waals surface area contributed by atoms with Crippen LogP contribution in [-0.4, -0.2) is 69.9 Å². The predicted molar refractivity (Wildman–Crippen MR) is 170 cm³/mol. The number of benzene rings is 2. The zero-order valence-corrected chi connectivity index (χ0v) is 28.8. The number of unbranched alkanes of at least 4 members (excludes halogenated alkanes) is 1. The molecule has 2 N–H and O–H groups in total. The SMILES string of the molecule is CCCCC(=O)Nc1ccn([C@@H]2O[C@H](COP(=O)([O-])OP(=O)([O-])CC(=O)O)[C@H](OC(=O)Oc3ccccc3)C2OC(=O)Oc2ccccc2)c(=O)n1. The molecule has 0 bridgehead atoms. The van der Waals surface area contributed by atoms with E-state index in [4.69, 9.17) is 28.8 Å². The number of aliphatic carboxylic acids is 1. The topological polar surface area (TPSA) is 280 Å². The van der Waals surface area contributed by atoms with Gasteiger partial charge in [-0.3, -0.25) is 23.0 Å². The molecule has 0 radical (unpaired) electrons. The fraction of sp³-hybridized carbons (Fsp3) is 0.333. The molecule has 20 nitrogen and oxygen atoms in total. The van der Waals surface area contributed by atoms with Gasteiger partial charge in [-0.25, -0.2) is 14.4 Å². The van der Waals surface area contributed by atoms with Gasteiger partial charge >= 0.3 is 24.0 Å². The van der Waals surface area contributed by atoms with Crippen molar-refractivity contribution in [3.63, 3.8) is 0 Å². The van der Waals surface area contributed by atoms with E-state index in [2.05, 4.69) is 19.1 Å². The van der Waals surface area contributed by atoms with Gasteiger partial charge in [0.1, 0.15) is 29.6 Å². The van der Waals surface area contributed by atoms with Crippen molar-refractivity contribution in [1.82, 2.24) is 9.55 Å². The number of rotatable bonds is 16. The quantitative estimate of drug-likeness (QED) is 0.120. The molecule has 1 amide bonds. The molecule has 280 valence electrons. The first-order chi connectivity index (χ1) is 24.6. The van der Waals surface area contributed by atoms with Crippen LogP contribution in [0.4, 0.5) is 15.4 Å². The highest BCUT2D eigenvalue weighted by molar-refractivity contribution is 7.63. The number of carboxylic acid groups (broad SMARTS) is 1. The van der Waals surface area contributed by atoms with Gasteiger partial charge in [0.25, 0.3) is 7.82 Å². The molecule has 1 fully saturated rings. The number of ether oxygens (including phenoxy) is 5. The van der Waals surface area contributed by atoms with Crippen molar-refractivity contribution in [2.24, 2.45) is 0 Å². The first-order valence-corrected chi connectivity index (χ1v) is 18.4. The first kappa shape index (κ1) is 39.8. The largest absolute Gasteiger partial charge is 0.778 e. The summed E-state index contributed by atoms with van der Waals surface area (Å²) in [5.41, 5.74) is -1.09. The van der Waals surface area contributed by atoms with Crippen molar-refractivity contribution >= 4 is 45.4 Å². The molecule has 6 atom stereocenters. The van der Waals surface area contributed by atoms with Gasteiger partial charge in [0.05, 0.1) is 6.61 Å². The van der Waals surface area contributed by atoms with Crippen LogP contribution in [0.15, 0.2) is 77.7 Å². The van der Waals surface area contributed by atoms with Crippen LogP contribution in [0.5, 0.6) is 11.5 Å². The maximum absolute atomic E-state index is 13.2. The van der Waals surface area contributed by atoms with Crippen LogP contribution in [-0.2, 0) is 41.8 Å². The standard InChI is InChI=1S/C30H33N3O17P2/c1-2-3-14-23(34)31-22-15-16-33(28(37)32-22)27-26(49-30(39)46-20-12-8-5-9-13-20)25(48-29(38)45-19-10-6-4-7-11-19)21(47-27)17-44-52(42,43)50-51(40,41)18-24(35)36/h4-13,15-16,21,25-27H,2-3,14,17-18H2,1H3,(H,35,36)(H,40,41)(H,42,43)(H,31,32,34,37)/p-2/t21-,25+,26?,27-/m1/s1. The van der Waals surface area contributed by atoms with Crippen LogP contribution in [0.1, 0.15) is 32.4 Å². The predicted octanol–water partition coefficient (Wildman–Crippen LogP) is 2.58. The van der Waals surface area contributed by atoms with Crippen LogP contribution in [0.3, 0.4) is 0 Å². The van der Waals surface area contributed by atoms with E-state index in [1.54, 1.807) is 12.1 Å². The number of nitrogens with zero attached hydrogens (tertiary/aromatic N) is 2. The van der Waals surface area contributed by atoms with E-state index in [1.807, 2.05) is 6.92 Å². The molecule has 0 spiro atoms. The average molecular weight is 768 g/mol. The van der Waals surface area contributed by atoms with Crippen LogP contribution in [0.25, 0.3) is 0 Å². The molecule has 1 aliphatic heterocycles. The van der Waals surface area contributed by atoms with E-state index in [9.17, 15) is 42.9 Å². The highest BCUT2D eigenvalue weighted by atomic mass is 31.3. The summed E-state index contributed by atoms with van der Waals surface area (Å²) in [6.45, 7) is 0.665. The number of phosphoric ester groups is 1. The maximum Gasteiger partial charge on any atom is 0.514 e. The van der Waals surface area contributed by atoms with Crippen molar-refractivity contribution in [1.29, 1.82) is 0 Å². The van der Waals surface area contributed by atoms with Crippen LogP contribution < -0.4 is 30.3 Å². The van der Waals surface area contributed by atoms with Gasteiger partial charge in [-0.1, -0.05) is 49.7 Å². The maximum atomic E-state index is 13.2. The lowest BCUT2D eigenvalue weighted by Gasteiger charge is -2.31. The summed E-state index contributed by atoms with van der Waals surface area (Å²) in [7, 11) is -11.4. The van der Waals surface area contributed by atoms with Gasteiger partial charge in [0.15, 0.2) is 26.0 Å². The Kier molecular flexibility index (Phi) is 13.8. The van der Waals surface area contributed by atoms with Gasteiger partial charge < -0.3 is 53.0 Å². The van der Waals surface area contributed by atoms with Crippen molar-refractivity contribution < 1.29 is 75.7 Å². The van der Waals surface area contributed by atoms with Gasteiger partial charge in [-0.15, -0.1) is 0 Å². The van der Waals surface area contributed by atoms with Crippen molar-refractivity contribution in [3.05, 3.63) is 83.4 Å². The van der Waals surface area contributed by atoms with E-state index in [0.29, 0.717) is 6.42 Å². The minimum Gasteiger partial charge on any atom is -0.778 e. The highest BCUT2D eigenvalue weighted by Gasteiger charge is 2.52. The Morgan fingerprint density at radius 3 is 2.04 bits per heavy atom. The minimum atomic E-state index is -5.86. The Bertz CT molecular complexity index is 1880. The van der Waals surface area contributed by atoms with Crippen LogP contribution in [0.2, 0.25) is 0 Å². The summed E-state index contributed by atoms with van der Waals surface area (Å²) in [6, 6.07) is 16.2. The van der Waals surface area contributed by atoms with E-state index in [1.165, 1.54) is 54.6 Å². The second-order valence-corrected chi connectivity index (χ2v) is 14.0. The Morgan fingerprint density at radius 1 is 0.923 bits per heavy atom. The lowest BCUT2D eigenvalue weighted by Crippen LogP contribution is -2.43. The van der Waals surface area contributed by atoms with E-state index < -0.39 is 82.6 Å². The number of carboxylic acids is 1. The Labute approximate surface area is 294 Å². The number of aromatic nitrogens is 2. The summed E-state index contributed by atoms with van der Waals surface area (Å²) in [6.07, 6.45) is -9.34. The normalized spacial score (nSPS) is 20.4. The third-order valence-electron chi connectivity index (χ3n) is 6.72. The van der Waals surface area contributed by atoms with Gasteiger partial charge in [0, 0.05) is 12.6 Å². The number of carbonyl (C=O) groups excluding carboxylic acids is 3. The molecule has 1 aliphatic rings. The molecule has 1 aromatic heterocycles. The molecule has 2 aromatic carbocycles. The summed E-state index contributed by atoms with van der Waals surface area (Å²) < 4.78 is 60.7. The van der Waals surface area contributed by atoms with Gasteiger partial charge in [-0.05, 0) is 36.8 Å². The van der Waals surface area contributed by atoms with Crippen LogP contribution >= 0.6 is 15.4 Å². The summed E-state index contributed by atoms with van der Waals surface area (Å²) in [5, 5.41) is 11.2. The average Bonchev–Trinajstić information content (AvgIpc) is 3.38. The number of nitrogens with one attached hydrogen (secondary N) is 1. The smallest absolute Gasteiger partial charge is 0.514 e. The number of hydrogen-bond acceptors (Lipinski definition) is 17. The van der Waals surface area contributed by atoms with E-state index in [0.717, 1.165) is 17.2 Å². The molecule has 0 saturated carbocycles. The fourth-order valence-electron chi connectivity index (χ4n) is 4.53. The lowest BCUT2D eigenvalue weighted by atomic mass is 10.1. The van der Waals surface area contributed by atoms with Crippen molar-refractivity contribution in [2.45, 2.75) is 50.7 Å². The zero-order chi connectivity index (χ0) is 37.9. The second-order valence-electron chi connectivity index (χ2n) is 10.7. The van der Waals surface area contributed by atoms with Crippen molar-refractivity contribution in [2.75, 3.05) is 18.1 Å². The summed E-state index contributed by atoms with van der Waals surface area (Å²) >= 11 is 0. The molecular weight excluding hydrogens is 736 g/mol. The van der Waals surface area contributed by atoms with E-state index in [-0.39, 0.29) is 23.7 Å². The Morgan fingerprint density at radius 2 is 1.50 bits per heavy atom. The molecule has 3 aromatic rings. The zero-order valence-electron chi connectivity index (χ0n) is 27.0. The lowest BCUT2D eigenvalue weighted by molar-refractivity contribution is -0.233. The molecule has 0 aliphatic carbocycles. The molecule has 22 heteroatoms. The highest BCUT2D eigenvalue weighted by Crippen LogP contribution is 2.55. The molecule has 52 heavy (non-hydrogen) atoms. The summed E-state index contributed by atoms with van der Waals surface area (Å²) in [5.74, 6) is -2.48. The van der Waals surface area contributed by atoms with E-state index >= 15 is 0 Å². The van der Waals surface area contributed by atoms with Gasteiger partial charge in [0.2, 0.25) is 5.91 Å². The van der Waals surface area contributed by atoms with Gasteiger partial charge in [-0.2, -0.15) is 4.98 Å². The number of amides is 1. The molecular formula is C30H31N3O17P2-2. The number of para-hydroxylation sites is 2. The minimum absolute atomic E-state index is 0.00389. The molecule has 3 unspecified atom stereocenters. The number of carbonyl (C=O) groups is 4. The number of anilines is 1. The second kappa shape index (κ2) is 18.0. The first-order valence-electron chi connectivity index (χ1n) is 15.2. The van der Waals surface area contributed by atoms with Crippen LogP contribution in [0, 0.1) is 0 Å². The monoisotopic (exact) mass is 767 g/mol. The number of phosphoric acid groups is 1. The molecule has 2 heterocycles. The third-order valence-corrected chi connectivity index (χ3v) is 9.64. The Hall–Kier alpha value is -4.94. The summed E-state index contributed by atoms with van der Waals surface area (Å²) in [4.78, 5) is 90.4. The number of hydrogen-bond donors (Lipinski definition) is 2.